The zero-order valence-corrected chi connectivity index (χ0v) is 11.8. The third-order valence-corrected chi connectivity index (χ3v) is 3.89. The van der Waals surface area contributed by atoms with Crippen molar-refractivity contribution in [3.05, 3.63) is 23.0 Å². The van der Waals surface area contributed by atoms with Gasteiger partial charge in [-0.3, -0.25) is 0 Å². The van der Waals surface area contributed by atoms with E-state index in [-0.39, 0.29) is 5.41 Å². The van der Waals surface area contributed by atoms with Gasteiger partial charge in [0, 0.05) is 17.0 Å². The van der Waals surface area contributed by atoms with E-state index in [1.165, 1.54) is 4.57 Å². The summed E-state index contributed by atoms with van der Waals surface area (Å²) in [6.07, 6.45) is -3.39. The molecule has 1 heterocycles. The minimum Gasteiger partial charge on any atom is -0.388 e. The molecule has 1 atom stereocenters. The summed E-state index contributed by atoms with van der Waals surface area (Å²) >= 11 is 0. The predicted molar refractivity (Wildman–Crippen MR) is 67.2 cm³/mol. The molecule has 114 valence electrons. The third kappa shape index (κ3) is 2.71. The molecule has 1 aromatic rings. The van der Waals surface area contributed by atoms with Gasteiger partial charge in [-0.05, 0) is 31.2 Å². The van der Waals surface area contributed by atoms with Gasteiger partial charge in [-0.25, -0.2) is 8.78 Å². The number of hydrogen-bond acceptors (Lipinski definition) is 1. The Bertz CT molecular complexity index is 508. The topological polar surface area (TPSA) is 25.2 Å². The fraction of sp³-hybridized carbons (Fsp3) is 0.714. The van der Waals surface area contributed by atoms with Crippen molar-refractivity contribution in [1.29, 1.82) is 0 Å². The minimum atomic E-state index is -4.07. The van der Waals surface area contributed by atoms with Crippen LogP contribution < -0.4 is 0 Å². The smallest absolute Gasteiger partial charge is 0.324 e. The first-order chi connectivity index (χ1) is 9.03. The predicted octanol–water partition coefficient (Wildman–Crippen LogP) is 3.70. The van der Waals surface area contributed by atoms with Crippen molar-refractivity contribution in [3.63, 3.8) is 0 Å². The number of alkyl halides is 4. The molecule has 2 nitrogen and oxygen atoms in total. The number of aryl methyl sites for hydroxylation is 1. The zero-order valence-electron chi connectivity index (χ0n) is 11.8. The molecule has 1 aromatic heterocycles. The molecule has 1 N–H and O–H groups in total. The monoisotopic (exact) mass is 293 g/mol. The minimum absolute atomic E-state index is 0.241. The molecular weight excluding hydrogens is 274 g/mol. The van der Waals surface area contributed by atoms with Gasteiger partial charge in [-0.1, -0.05) is 13.8 Å². The number of aromatic nitrogens is 1. The zero-order chi connectivity index (χ0) is 15.3. The second-order valence-electron chi connectivity index (χ2n) is 6.40. The van der Waals surface area contributed by atoms with Crippen LogP contribution in [0.1, 0.15) is 43.3 Å². The summed E-state index contributed by atoms with van der Waals surface area (Å²) in [5.74, 6) is -4.07. The number of nitrogens with zero attached hydrogens (tertiary/aromatic N) is 1. The van der Waals surface area contributed by atoms with Gasteiger partial charge in [0.2, 0.25) is 0 Å². The molecule has 0 amide bonds. The highest BCUT2D eigenvalue weighted by Crippen LogP contribution is 2.42. The van der Waals surface area contributed by atoms with Crippen LogP contribution in [0.15, 0.2) is 6.07 Å². The molecule has 1 aliphatic carbocycles. The Balaban J connectivity index is 2.42. The van der Waals surface area contributed by atoms with Crippen LogP contribution in [0.25, 0.3) is 0 Å². The Morgan fingerprint density at radius 3 is 2.60 bits per heavy atom. The van der Waals surface area contributed by atoms with Gasteiger partial charge in [0.15, 0.2) is 0 Å². The van der Waals surface area contributed by atoms with Crippen LogP contribution in [-0.2, 0) is 13.0 Å². The molecule has 0 bridgehead atoms. The highest BCUT2D eigenvalue weighted by atomic mass is 19.3. The molecule has 1 unspecified atom stereocenters. The second-order valence-corrected chi connectivity index (χ2v) is 6.40. The summed E-state index contributed by atoms with van der Waals surface area (Å²) in [7, 11) is 0. The quantitative estimate of drug-likeness (QED) is 0.845. The van der Waals surface area contributed by atoms with Crippen molar-refractivity contribution in [2.24, 2.45) is 5.41 Å². The van der Waals surface area contributed by atoms with Gasteiger partial charge >= 0.3 is 12.3 Å². The molecule has 0 saturated heterocycles. The van der Waals surface area contributed by atoms with Crippen molar-refractivity contribution >= 4 is 0 Å². The Labute approximate surface area is 115 Å². The van der Waals surface area contributed by atoms with E-state index in [9.17, 15) is 22.7 Å². The first-order valence-electron chi connectivity index (χ1n) is 6.56. The highest BCUT2D eigenvalue weighted by Gasteiger charge is 2.43. The van der Waals surface area contributed by atoms with Crippen LogP contribution in [0.2, 0.25) is 0 Å². The lowest BCUT2D eigenvalue weighted by Crippen LogP contribution is -2.34. The number of hydrogen-bond donors (Lipinski definition) is 1. The molecule has 2 rings (SSSR count). The van der Waals surface area contributed by atoms with Crippen molar-refractivity contribution in [2.45, 2.75) is 58.6 Å². The number of fused-ring (bicyclic) bond motifs is 1. The average Bonchev–Trinajstić information content (AvgIpc) is 2.55. The summed E-state index contributed by atoms with van der Waals surface area (Å²) < 4.78 is 52.6. The maximum atomic E-state index is 13.3. The van der Waals surface area contributed by atoms with Crippen LogP contribution in [0.5, 0.6) is 0 Å². The Morgan fingerprint density at radius 2 is 2.05 bits per heavy atom. The second kappa shape index (κ2) is 4.76. The molecule has 1 aliphatic rings. The van der Waals surface area contributed by atoms with Crippen LogP contribution in [0.4, 0.5) is 17.6 Å². The Kier molecular flexibility index (Phi) is 3.65. The molecular formula is C14H19F4NO. The summed E-state index contributed by atoms with van der Waals surface area (Å²) in [5, 5.41) is 10.1. The van der Waals surface area contributed by atoms with Crippen LogP contribution >= 0.6 is 0 Å². The highest BCUT2D eigenvalue weighted by molar-refractivity contribution is 5.33. The van der Waals surface area contributed by atoms with Crippen LogP contribution in [0.3, 0.4) is 0 Å². The summed E-state index contributed by atoms with van der Waals surface area (Å²) in [4.78, 5) is 0. The SMILES string of the molecule is Cc1cc2c(n1CC(F)(F)C(F)F)CC(C)(C)CC2O. The van der Waals surface area contributed by atoms with Gasteiger partial charge in [0.25, 0.3) is 0 Å². The number of aliphatic hydroxyl groups is 1. The molecule has 0 aliphatic heterocycles. The standard InChI is InChI=1S/C14H19F4NO/c1-8-4-9-10(5-13(2,3)6-11(9)20)19(8)7-14(17,18)12(15)16/h4,11-12,20H,5-7H2,1-3H3. The third-order valence-electron chi connectivity index (χ3n) is 3.89. The molecule has 0 saturated carbocycles. The maximum absolute atomic E-state index is 13.3. The molecule has 0 radical (unpaired) electrons. The Hall–Kier alpha value is -1.04. The first kappa shape index (κ1) is 15.4. The molecule has 20 heavy (non-hydrogen) atoms. The first-order valence-corrected chi connectivity index (χ1v) is 6.56. The van der Waals surface area contributed by atoms with Crippen molar-refractivity contribution in [2.75, 3.05) is 0 Å². The van der Waals surface area contributed by atoms with Gasteiger partial charge in [0.1, 0.15) is 0 Å². The summed E-state index contributed by atoms with van der Waals surface area (Å²) in [6, 6.07) is 1.62. The average molecular weight is 293 g/mol. The van der Waals surface area contributed by atoms with E-state index in [0.717, 1.165) is 0 Å². The van der Waals surface area contributed by atoms with E-state index in [1.54, 1.807) is 13.0 Å². The molecule has 0 fully saturated rings. The van der Waals surface area contributed by atoms with Crippen molar-refractivity contribution < 1.29 is 22.7 Å². The van der Waals surface area contributed by atoms with Gasteiger partial charge in [-0.15, -0.1) is 0 Å². The summed E-state index contributed by atoms with van der Waals surface area (Å²) in [5.41, 5.74) is 1.38. The van der Waals surface area contributed by atoms with Crippen molar-refractivity contribution in [3.8, 4) is 0 Å². The van der Waals surface area contributed by atoms with E-state index in [2.05, 4.69) is 0 Å². The van der Waals surface area contributed by atoms with E-state index in [1.807, 2.05) is 13.8 Å². The summed E-state index contributed by atoms with van der Waals surface area (Å²) in [6.45, 7) is 4.41. The molecule has 0 spiro atoms. The van der Waals surface area contributed by atoms with E-state index < -0.39 is 25.0 Å². The lowest BCUT2D eigenvalue weighted by molar-refractivity contribution is -0.138. The lowest BCUT2D eigenvalue weighted by atomic mass is 9.75. The van der Waals surface area contributed by atoms with Gasteiger partial charge < -0.3 is 9.67 Å². The van der Waals surface area contributed by atoms with Gasteiger partial charge in [0.05, 0.1) is 12.6 Å². The largest absolute Gasteiger partial charge is 0.388 e. The fourth-order valence-electron chi connectivity index (χ4n) is 2.90. The lowest BCUT2D eigenvalue weighted by Gasteiger charge is -2.34. The van der Waals surface area contributed by atoms with Gasteiger partial charge in [-0.2, -0.15) is 8.78 Å². The normalized spacial score (nSPS) is 22.1. The van der Waals surface area contributed by atoms with E-state index in [4.69, 9.17) is 0 Å². The fourth-order valence-corrected chi connectivity index (χ4v) is 2.90. The molecule has 0 aromatic carbocycles. The molecule has 6 heteroatoms. The number of rotatable bonds is 3. The Morgan fingerprint density at radius 1 is 1.45 bits per heavy atom. The van der Waals surface area contributed by atoms with Crippen molar-refractivity contribution in [1.82, 2.24) is 4.57 Å². The number of halogens is 4. The van der Waals surface area contributed by atoms with Crippen LogP contribution in [-0.4, -0.2) is 22.0 Å². The van der Waals surface area contributed by atoms with E-state index in [0.29, 0.717) is 29.8 Å². The number of aliphatic hydroxyl groups excluding tert-OH is 1. The van der Waals surface area contributed by atoms with Crippen LogP contribution in [0, 0.1) is 12.3 Å². The van der Waals surface area contributed by atoms with E-state index >= 15 is 0 Å². The maximum Gasteiger partial charge on any atom is 0.324 e.